The van der Waals surface area contributed by atoms with Crippen LogP contribution >= 0.6 is 0 Å². The summed E-state index contributed by atoms with van der Waals surface area (Å²) in [5, 5.41) is 6.13. The van der Waals surface area contributed by atoms with Crippen LogP contribution < -0.4 is 15.5 Å². The third-order valence-electron chi connectivity index (χ3n) is 4.61. The number of amides is 1. The number of nitrogens with one attached hydrogen (secondary N) is 2. The summed E-state index contributed by atoms with van der Waals surface area (Å²) in [6.07, 6.45) is -1.04. The van der Waals surface area contributed by atoms with Crippen LogP contribution in [0.1, 0.15) is 12.5 Å². The number of carbonyl (C=O) groups excluding carboxylic acids is 1. The van der Waals surface area contributed by atoms with Crippen LogP contribution in [0.5, 0.6) is 0 Å². The molecule has 7 nitrogen and oxygen atoms in total. The molecule has 7 heteroatoms. The number of nitrogens with zero attached hydrogens (tertiary/aromatic N) is 1. The fourth-order valence-corrected chi connectivity index (χ4v) is 3.22. The number of ether oxygens (including phenoxy) is 3. The van der Waals surface area contributed by atoms with Crippen molar-refractivity contribution in [1.29, 1.82) is 0 Å². The van der Waals surface area contributed by atoms with E-state index in [-0.39, 0.29) is 24.4 Å². The first-order valence-electron chi connectivity index (χ1n) is 8.76. The Kier molecular flexibility index (Phi) is 5.78. The van der Waals surface area contributed by atoms with E-state index in [0.29, 0.717) is 19.8 Å². The molecule has 0 spiro atoms. The molecule has 25 heavy (non-hydrogen) atoms. The Bertz CT molecular complexity index is 578. The van der Waals surface area contributed by atoms with Crippen molar-refractivity contribution >= 4 is 11.8 Å². The first-order chi connectivity index (χ1) is 12.1. The molecule has 2 heterocycles. The molecule has 1 aromatic rings. The normalized spacial score (nSPS) is 27.8. The number of fused-ring (bicyclic) bond motifs is 1. The molecule has 2 aliphatic heterocycles. The summed E-state index contributed by atoms with van der Waals surface area (Å²) >= 11 is 0. The highest BCUT2D eigenvalue weighted by atomic mass is 16.6. The van der Waals surface area contributed by atoms with Gasteiger partial charge in [-0.15, -0.1) is 0 Å². The minimum Gasteiger partial charge on any atom is -0.441 e. The van der Waals surface area contributed by atoms with E-state index < -0.39 is 6.09 Å². The summed E-state index contributed by atoms with van der Waals surface area (Å²) in [6, 6.07) is 8.54. The summed E-state index contributed by atoms with van der Waals surface area (Å²) in [5.74, 6) is 0. The lowest BCUT2D eigenvalue weighted by molar-refractivity contribution is 0.00400. The van der Waals surface area contributed by atoms with Gasteiger partial charge in [0.05, 0.1) is 19.3 Å². The SMILES string of the molecule is CCNC(=O)O[C@@H]1CO[C@H]2[C@@H]1OC[C@@H]2NCc1ccc(N(C)C)cc1. The second-order valence-corrected chi connectivity index (χ2v) is 6.62. The fourth-order valence-electron chi connectivity index (χ4n) is 3.22. The third kappa shape index (κ3) is 4.23. The highest BCUT2D eigenvalue weighted by Gasteiger charge is 2.49. The Morgan fingerprint density at radius 3 is 2.60 bits per heavy atom. The summed E-state index contributed by atoms with van der Waals surface area (Å²) in [7, 11) is 4.06. The largest absolute Gasteiger partial charge is 0.441 e. The molecule has 1 amide bonds. The van der Waals surface area contributed by atoms with Crippen LogP contribution in [0.2, 0.25) is 0 Å². The molecule has 0 aliphatic carbocycles. The standard InChI is InChI=1S/C18H27N3O4/c1-4-19-18(22)25-15-11-24-16-14(10-23-17(15)16)20-9-12-5-7-13(8-6-12)21(2)3/h5-8,14-17,20H,4,9-11H2,1-3H3,(H,19,22)/t14-,15+,16+,17+/m0/s1. The summed E-state index contributed by atoms with van der Waals surface area (Å²) in [5.41, 5.74) is 2.39. The molecule has 0 unspecified atom stereocenters. The monoisotopic (exact) mass is 349 g/mol. The van der Waals surface area contributed by atoms with Crippen LogP contribution in [0.3, 0.4) is 0 Å². The van der Waals surface area contributed by atoms with E-state index in [1.165, 1.54) is 11.3 Å². The molecule has 2 fully saturated rings. The second kappa shape index (κ2) is 8.03. The molecule has 3 rings (SSSR count). The number of hydrogen-bond acceptors (Lipinski definition) is 6. The summed E-state index contributed by atoms with van der Waals surface area (Å²) < 4.78 is 17.0. The zero-order valence-electron chi connectivity index (χ0n) is 15.0. The van der Waals surface area contributed by atoms with E-state index in [2.05, 4.69) is 39.8 Å². The molecule has 1 aromatic carbocycles. The topological polar surface area (TPSA) is 72.1 Å². The molecular weight excluding hydrogens is 322 g/mol. The third-order valence-corrected chi connectivity index (χ3v) is 4.61. The number of anilines is 1. The van der Waals surface area contributed by atoms with Crippen LogP contribution in [0.4, 0.5) is 10.5 Å². The van der Waals surface area contributed by atoms with Crippen LogP contribution in [0.25, 0.3) is 0 Å². The fraction of sp³-hybridized carbons (Fsp3) is 0.611. The van der Waals surface area contributed by atoms with Crippen LogP contribution in [-0.2, 0) is 20.8 Å². The Hall–Kier alpha value is -1.83. The predicted molar refractivity (Wildman–Crippen MR) is 94.8 cm³/mol. The molecule has 4 atom stereocenters. The van der Waals surface area contributed by atoms with E-state index >= 15 is 0 Å². The Balaban J connectivity index is 1.50. The van der Waals surface area contributed by atoms with Gasteiger partial charge in [0.25, 0.3) is 0 Å². The van der Waals surface area contributed by atoms with Gasteiger partial charge in [0.15, 0.2) is 6.10 Å². The second-order valence-electron chi connectivity index (χ2n) is 6.62. The minimum atomic E-state index is -0.419. The minimum absolute atomic E-state index is 0.0829. The highest BCUT2D eigenvalue weighted by molar-refractivity contribution is 5.67. The smallest absolute Gasteiger partial charge is 0.407 e. The maximum absolute atomic E-state index is 11.6. The molecule has 2 N–H and O–H groups in total. The van der Waals surface area contributed by atoms with Gasteiger partial charge in [0.1, 0.15) is 12.2 Å². The average molecular weight is 349 g/mol. The maximum atomic E-state index is 11.6. The molecule has 2 aliphatic rings. The number of benzene rings is 1. The number of hydrogen-bond donors (Lipinski definition) is 2. The van der Waals surface area contributed by atoms with Crippen LogP contribution in [0.15, 0.2) is 24.3 Å². The molecule has 138 valence electrons. The van der Waals surface area contributed by atoms with E-state index in [1.807, 2.05) is 21.0 Å². The zero-order valence-corrected chi connectivity index (χ0v) is 15.0. The van der Waals surface area contributed by atoms with Gasteiger partial charge in [-0.2, -0.15) is 0 Å². The quantitative estimate of drug-likeness (QED) is 0.802. The van der Waals surface area contributed by atoms with E-state index in [1.54, 1.807) is 0 Å². The molecule has 0 bridgehead atoms. The zero-order chi connectivity index (χ0) is 17.8. The van der Waals surface area contributed by atoms with Crippen molar-refractivity contribution < 1.29 is 19.0 Å². The molecule has 0 saturated carbocycles. The van der Waals surface area contributed by atoms with Crippen molar-refractivity contribution in [3.63, 3.8) is 0 Å². The van der Waals surface area contributed by atoms with Gasteiger partial charge in [-0.05, 0) is 24.6 Å². The Morgan fingerprint density at radius 1 is 1.20 bits per heavy atom. The summed E-state index contributed by atoms with van der Waals surface area (Å²) in [6.45, 7) is 4.07. The lowest BCUT2D eigenvalue weighted by atomic mass is 10.1. The van der Waals surface area contributed by atoms with Crippen LogP contribution in [0, 0.1) is 0 Å². The van der Waals surface area contributed by atoms with E-state index in [0.717, 1.165) is 6.54 Å². The Labute approximate surface area is 148 Å². The predicted octanol–water partition coefficient (Wildman–Crippen LogP) is 1.12. The Morgan fingerprint density at radius 2 is 1.92 bits per heavy atom. The van der Waals surface area contributed by atoms with Crippen molar-refractivity contribution in [3.8, 4) is 0 Å². The van der Waals surface area contributed by atoms with Gasteiger partial charge in [0, 0.05) is 32.9 Å². The molecule has 2 saturated heterocycles. The van der Waals surface area contributed by atoms with Crippen molar-refractivity contribution in [2.75, 3.05) is 38.8 Å². The number of rotatable bonds is 6. The van der Waals surface area contributed by atoms with Crippen LogP contribution in [-0.4, -0.2) is 64.3 Å². The lowest BCUT2D eigenvalue weighted by Crippen LogP contribution is -2.41. The first-order valence-corrected chi connectivity index (χ1v) is 8.76. The lowest BCUT2D eigenvalue weighted by Gasteiger charge is -2.18. The first kappa shape index (κ1) is 18.0. The van der Waals surface area contributed by atoms with Gasteiger partial charge in [0.2, 0.25) is 0 Å². The van der Waals surface area contributed by atoms with Crippen molar-refractivity contribution in [2.24, 2.45) is 0 Å². The molecular formula is C18H27N3O4. The van der Waals surface area contributed by atoms with Gasteiger partial charge in [-0.25, -0.2) is 4.79 Å². The molecule has 0 radical (unpaired) electrons. The van der Waals surface area contributed by atoms with Gasteiger partial charge in [-0.1, -0.05) is 12.1 Å². The number of carbonyl (C=O) groups is 1. The highest BCUT2D eigenvalue weighted by Crippen LogP contribution is 2.29. The van der Waals surface area contributed by atoms with Crippen molar-refractivity contribution in [1.82, 2.24) is 10.6 Å². The molecule has 0 aromatic heterocycles. The average Bonchev–Trinajstić information content (AvgIpc) is 3.17. The maximum Gasteiger partial charge on any atom is 0.407 e. The van der Waals surface area contributed by atoms with Crippen molar-refractivity contribution in [3.05, 3.63) is 29.8 Å². The van der Waals surface area contributed by atoms with E-state index in [9.17, 15) is 4.79 Å². The number of alkyl carbamates (subject to hydrolysis) is 1. The van der Waals surface area contributed by atoms with Gasteiger partial charge < -0.3 is 29.7 Å². The van der Waals surface area contributed by atoms with E-state index in [4.69, 9.17) is 14.2 Å². The van der Waals surface area contributed by atoms with Gasteiger partial charge in [-0.3, -0.25) is 0 Å². The van der Waals surface area contributed by atoms with Gasteiger partial charge >= 0.3 is 6.09 Å². The van der Waals surface area contributed by atoms with Crippen molar-refractivity contribution in [2.45, 2.75) is 37.8 Å². The summed E-state index contributed by atoms with van der Waals surface area (Å²) in [4.78, 5) is 13.7.